The van der Waals surface area contributed by atoms with E-state index in [1.165, 1.54) is 27.0 Å². The van der Waals surface area contributed by atoms with Gasteiger partial charge in [0, 0.05) is 10.6 Å². The van der Waals surface area contributed by atoms with Crippen LogP contribution in [-0.4, -0.2) is 44.8 Å². The molecule has 4 heterocycles. The highest BCUT2D eigenvalue weighted by Crippen LogP contribution is 2.41. The summed E-state index contributed by atoms with van der Waals surface area (Å²) < 4.78 is 3.33. The number of hydrogen-bond acceptors (Lipinski definition) is 5. The van der Waals surface area contributed by atoms with Crippen molar-refractivity contribution < 1.29 is 0 Å². The predicted octanol–water partition coefficient (Wildman–Crippen LogP) is 7.17. The summed E-state index contributed by atoms with van der Waals surface area (Å²) in [5, 5.41) is 6.53. The number of benzene rings is 2. The van der Waals surface area contributed by atoms with E-state index < -0.39 is 0 Å². The third kappa shape index (κ3) is 4.14. The van der Waals surface area contributed by atoms with Gasteiger partial charge in [0.15, 0.2) is 0 Å². The first kappa shape index (κ1) is 22.7. The Bertz CT molecular complexity index is 1530. The normalized spacial score (nSPS) is 15.4. The fourth-order valence-corrected chi connectivity index (χ4v) is 6.45. The fraction of sp³-hybridized carbons (Fsp3) is 0.321. The zero-order valence-electron chi connectivity index (χ0n) is 20.3. The van der Waals surface area contributed by atoms with Crippen molar-refractivity contribution in [2.24, 2.45) is 0 Å². The minimum Gasteiger partial charge on any atom is -0.306 e. The van der Waals surface area contributed by atoms with E-state index in [0.29, 0.717) is 6.04 Å². The Morgan fingerprint density at radius 2 is 1.77 bits per heavy atom. The summed E-state index contributed by atoms with van der Waals surface area (Å²) in [6, 6.07) is 14.9. The van der Waals surface area contributed by atoms with Crippen LogP contribution in [0.1, 0.15) is 36.9 Å². The van der Waals surface area contributed by atoms with Crippen molar-refractivity contribution in [3.05, 3.63) is 64.8 Å². The fourth-order valence-electron chi connectivity index (χ4n) is 5.21. The second kappa shape index (κ2) is 9.01. The summed E-state index contributed by atoms with van der Waals surface area (Å²) in [6.45, 7) is 6.62. The molecule has 0 unspecified atom stereocenters. The van der Waals surface area contributed by atoms with E-state index in [1.807, 2.05) is 12.1 Å². The minimum atomic E-state index is 0.448. The molecule has 1 aliphatic heterocycles. The molecule has 35 heavy (non-hydrogen) atoms. The molecule has 6 rings (SSSR count). The summed E-state index contributed by atoms with van der Waals surface area (Å²) in [7, 11) is 2.19. The third-order valence-electron chi connectivity index (χ3n) is 7.16. The van der Waals surface area contributed by atoms with E-state index in [4.69, 9.17) is 26.7 Å². The molecule has 5 aromatic rings. The number of aryl methyl sites for hydroxylation is 1. The van der Waals surface area contributed by atoms with Crippen molar-refractivity contribution in [1.29, 1.82) is 0 Å². The molecule has 0 bridgehead atoms. The Labute approximate surface area is 214 Å². The molecule has 0 N–H and O–H groups in total. The second-order valence-electron chi connectivity index (χ2n) is 9.52. The van der Waals surface area contributed by atoms with Crippen molar-refractivity contribution >= 4 is 44.2 Å². The number of halogens is 1. The summed E-state index contributed by atoms with van der Waals surface area (Å²) in [6.07, 6.45) is 5.33. The molecule has 7 heteroatoms. The molecular weight excluding hydrogens is 474 g/mol. The number of likely N-dealkylation sites (tertiary alicyclic amines) is 1. The Morgan fingerprint density at radius 3 is 2.51 bits per heavy atom. The predicted molar refractivity (Wildman–Crippen MR) is 146 cm³/mol. The molecule has 0 spiro atoms. The lowest BCUT2D eigenvalue weighted by Gasteiger charge is -2.28. The van der Waals surface area contributed by atoms with Crippen LogP contribution in [0.4, 0.5) is 0 Å². The Hall–Kier alpha value is -2.80. The van der Waals surface area contributed by atoms with Crippen molar-refractivity contribution in [2.75, 3.05) is 20.1 Å². The number of nitrogens with zero attached hydrogens (tertiary/aromatic N) is 5. The minimum absolute atomic E-state index is 0.448. The highest BCUT2D eigenvalue weighted by molar-refractivity contribution is 7.22. The van der Waals surface area contributed by atoms with Crippen LogP contribution in [-0.2, 0) is 6.42 Å². The van der Waals surface area contributed by atoms with E-state index in [0.717, 1.165) is 64.6 Å². The molecular formula is C28H28ClN5S. The van der Waals surface area contributed by atoms with E-state index >= 15 is 0 Å². The highest BCUT2D eigenvalue weighted by Gasteiger charge is 2.21. The molecule has 0 amide bonds. The molecule has 0 radical (unpaired) electrons. The lowest BCUT2D eigenvalue weighted by atomic mass is 9.94. The number of fused-ring (bicyclic) bond motifs is 2. The maximum Gasteiger partial charge on any atom is 0.143 e. The molecule has 2 aromatic carbocycles. The average molecular weight is 502 g/mol. The smallest absolute Gasteiger partial charge is 0.143 e. The van der Waals surface area contributed by atoms with Gasteiger partial charge in [-0.2, -0.15) is 5.10 Å². The van der Waals surface area contributed by atoms with Crippen LogP contribution in [0.25, 0.3) is 43.1 Å². The van der Waals surface area contributed by atoms with Crippen LogP contribution in [0.3, 0.4) is 0 Å². The average Bonchev–Trinajstić information content (AvgIpc) is 3.48. The van der Waals surface area contributed by atoms with Crippen molar-refractivity contribution in [3.8, 4) is 21.8 Å². The summed E-state index contributed by atoms with van der Waals surface area (Å²) in [5.74, 6) is 0. The van der Waals surface area contributed by atoms with Gasteiger partial charge in [-0.3, -0.25) is 4.68 Å². The van der Waals surface area contributed by atoms with Crippen molar-refractivity contribution in [2.45, 2.75) is 39.2 Å². The van der Waals surface area contributed by atoms with Gasteiger partial charge in [-0.1, -0.05) is 30.7 Å². The number of piperidine rings is 1. The number of rotatable bonds is 4. The van der Waals surface area contributed by atoms with Gasteiger partial charge in [-0.05, 0) is 93.3 Å². The Kier molecular flexibility index (Phi) is 5.83. The van der Waals surface area contributed by atoms with E-state index in [-0.39, 0.29) is 0 Å². The van der Waals surface area contributed by atoms with Gasteiger partial charge in [0.05, 0.1) is 28.1 Å². The third-order valence-corrected chi connectivity index (χ3v) is 8.52. The van der Waals surface area contributed by atoms with E-state index in [1.54, 1.807) is 11.3 Å². The molecule has 1 fully saturated rings. The van der Waals surface area contributed by atoms with Crippen LogP contribution < -0.4 is 0 Å². The number of pyridine rings is 1. The molecule has 0 saturated carbocycles. The Morgan fingerprint density at radius 1 is 1.00 bits per heavy atom. The van der Waals surface area contributed by atoms with Gasteiger partial charge in [0.25, 0.3) is 0 Å². The quantitative estimate of drug-likeness (QED) is 0.262. The maximum atomic E-state index is 6.18. The first-order chi connectivity index (χ1) is 17.0. The largest absolute Gasteiger partial charge is 0.306 e. The van der Waals surface area contributed by atoms with Crippen LogP contribution in [0.2, 0.25) is 5.02 Å². The van der Waals surface area contributed by atoms with Crippen LogP contribution >= 0.6 is 22.9 Å². The summed E-state index contributed by atoms with van der Waals surface area (Å²) in [4.78, 5) is 12.4. The number of aromatic nitrogens is 4. The van der Waals surface area contributed by atoms with Gasteiger partial charge in [-0.15, -0.1) is 11.3 Å². The molecule has 5 nitrogen and oxygen atoms in total. The van der Waals surface area contributed by atoms with E-state index in [9.17, 15) is 0 Å². The van der Waals surface area contributed by atoms with Gasteiger partial charge >= 0.3 is 0 Å². The van der Waals surface area contributed by atoms with Crippen molar-refractivity contribution in [3.63, 3.8) is 0 Å². The molecule has 0 aliphatic carbocycles. The van der Waals surface area contributed by atoms with Crippen molar-refractivity contribution in [1.82, 2.24) is 24.6 Å². The zero-order valence-corrected chi connectivity index (χ0v) is 21.8. The van der Waals surface area contributed by atoms with Crippen LogP contribution in [0.5, 0.6) is 0 Å². The van der Waals surface area contributed by atoms with Gasteiger partial charge in [-0.25, -0.2) is 9.97 Å². The number of thiazole rings is 1. The summed E-state index contributed by atoms with van der Waals surface area (Å²) >= 11 is 7.90. The molecule has 178 valence electrons. The molecule has 1 saturated heterocycles. The van der Waals surface area contributed by atoms with Gasteiger partial charge in [0.2, 0.25) is 0 Å². The number of hydrogen-bond donors (Lipinski definition) is 0. The topological polar surface area (TPSA) is 46.8 Å². The second-order valence-corrected chi connectivity index (χ2v) is 11.0. The SMILES string of the molecule is CCc1c(C)cc2nc(-c3ccc4nn(C5CCN(C)CC5)cc4n3)sc2c1-c1ccc(Cl)cc1. The van der Waals surface area contributed by atoms with E-state index in [2.05, 4.69) is 67.0 Å². The van der Waals surface area contributed by atoms with Gasteiger partial charge < -0.3 is 4.90 Å². The Balaban J connectivity index is 1.43. The standard InChI is InChI=1S/C28H28ClN5S/c1-4-21-17(2)15-24-27(26(21)18-5-7-19(29)8-6-18)35-28(31-24)23-10-9-22-25(30-23)16-34(32-22)20-11-13-33(3)14-12-20/h5-10,15-16,20H,4,11-14H2,1-3H3. The molecule has 3 aromatic heterocycles. The van der Waals surface area contributed by atoms with Gasteiger partial charge in [0.1, 0.15) is 16.0 Å². The lowest BCUT2D eigenvalue weighted by Crippen LogP contribution is -2.31. The molecule has 0 atom stereocenters. The first-order valence-corrected chi connectivity index (χ1v) is 13.4. The summed E-state index contributed by atoms with van der Waals surface area (Å²) in [5.41, 5.74) is 8.87. The zero-order chi connectivity index (χ0) is 24.1. The highest BCUT2D eigenvalue weighted by atomic mass is 35.5. The van der Waals surface area contributed by atoms with Crippen LogP contribution in [0, 0.1) is 6.92 Å². The first-order valence-electron chi connectivity index (χ1n) is 12.2. The maximum absolute atomic E-state index is 6.18. The molecule has 1 aliphatic rings. The van der Waals surface area contributed by atoms with Crippen LogP contribution in [0.15, 0.2) is 48.7 Å². The lowest BCUT2D eigenvalue weighted by molar-refractivity contribution is 0.213. The monoisotopic (exact) mass is 501 g/mol.